The average molecular weight is 562 g/mol. The first kappa shape index (κ1) is 26.8. The zero-order valence-corrected chi connectivity index (χ0v) is 22.1. The van der Waals surface area contributed by atoms with Crippen LogP contribution in [0.25, 0.3) is 11.3 Å². The molecule has 204 valence electrons. The van der Waals surface area contributed by atoms with E-state index >= 15 is 0 Å². The number of carbonyl (C=O) groups excluding carboxylic acids is 1. The topological polar surface area (TPSA) is 123 Å². The molecule has 5 rings (SSSR count). The largest absolute Gasteiger partial charge is 0.496 e. The summed E-state index contributed by atoms with van der Waals surface area (Å²) in [5, 5.41) is 17.7. The Balaban J connectivity index is 1.42. The second-order valence-electron chi connectivity index (χ2n) is 8.97. The van der Waals surface area contributed by atoms with Gasteiger partial charge in [0.25, 0.3) is 5.69 Å². The number of aromatic nitrogens is 1. The Morgan fingerprint density at radius 3 is 2.70 bits per heavy atom. The molecular formula is C28H24FN5O5S. The lowest BCUT2D eigenvalue weighted by molar-refractivity contribution is -0.384. The number of carbonyl (C=O) groups is 1. The number of amides is 1. The predicted octanol–water partition coefficient (Wildman–Crippen LogP) is 5.40. The number of non-ortho nitro benzene ring substituents is 1. The summed E-state index contributed by atoms with van der Waals surface area (Å²) in [7, 11) is 1.43. The van der Waals surface area contributed by atoms with Crippen molar-refractivity contribution < 1.29 is 23.3 Å². The van der Waals surface area contributed by atoms with Crippen LogP contribution in [-0.2, 0) is 4.79 Å². The minimum Gasteiger partial charge on any atom is -0.496 e. The fraction of sp³-hybridized carbons (Fsp3) is 0.179. The van der Waals surface area contributed by atoms with Crippen molar-refractivity contribution in [2.45, 2.75) is 18.5 Å². The second-order valence-corrected chi connectivity index (χ2v) is 9.36. The first-order chi connectivity index (χ1) is 19.3. The molecule has 12 heteroatoms. The molecule has 2 aromatic carbocycles. The predicted molar refractivity (Wildman–Crippen MR) is 149 cm³/mol. The van der Waals surface area contributed by atoms with Crippen LogP contribution in [-0.4, -0.2) is 39.5 Å². The first-order valence-corrected chi connectivity index (χ1v) is 12.7. The number of methoxy groups -OCH3 is 1. The van der Waals surface area contributed by atoms with Gasteiger partial charge in [-0.15, -0.1) is 0 Å². The van der Waals surface area contributed by atoms with Gasteiger partial charge in [-0.25, -0.2) is 4.39 Å². The Morgan fingerprint density at radius 1 is 1.20 bits per heavy atom. The maximum absolute atomic E-state index is 13.2. The third-order valence-corrected chi connectivity index (χ3v) is 6.84. The van der Waals surface area contributed by atoms with Crippen LogP contribution < -0.4 is 15.4 Å². The molecule has 3 heterocycles. The molecule has 1 saturated heterocycles. The number of nitro benzene ring substituents is 1. The van der Waals surface area contributed by atoms with Crippen LogP contribution in [0.2, 0.25) is 0 Å². The highest BCUT2D eigenvalue weighted by molar-refractivity contribution is 7.80. The van der Waals surface area contributed by atoms with Gasteiger partial charge in [0, 0.05) is 30.9 Å². The molecule has 1 fully saturated rings. The summed E-state index contributed by atoms with van der Waals surface area (Å²) >= 11 is 5.66. The molecule has 1 aliphatic rings. The summed E-state index contributed by atoms with van der Waals surface area (Å²) in [6.45, 7) is 0.268. The van der Waals surface area contributed by atoms with Crippen LogP contribution in [0.4, 0.5) is 15.8 Å². The van der Waals surface area contributed by atoms with Crippen molar-refractivity contribution in [1.82, 2.24) is 15.2 Å². The minimum atomic E-state index is -0.493. The van der Waals surface area contributed by atoms with Crippen LogP contribution in [0.15, 0.2) is 83.4 Å². The second kappa shape index (κ2) is 11.5. The molecule has 1 aliphatic heterocycles. The molecule has 2 atom stereocenters. The zero-order valence-electron chi connectivity index (χ0n) is 21.2. The summed E-state index contributed by atoms with van der Waals surface area (Å²) in [5.41, 5.74) is 1.67. The number of nitro groups is 1. The number of halogens is 1. The number of pyridine rings is 1. The maximum Gasteiger partial charge on any atom is 0.273 e. The lowest BCUT2D eigenvalue weighted by Crippen LogP contribution is -2.32. The molecule has 4 aromatic rings. The van der Waals surface area contributed by atoms with Crippen molar-refractivity contribution in [3.63, 3.8) is 0 Å². The summed E-state index contributed by atoms with van der Waals surface area (Å²) in [6.07, 6.45) is 1.79. The van der Waals surface area contributed by atoms with E-state index < -0.39 is 11.0 Å². The summed E-state index contributed by atoms with van der Waals surface area (Å²) in [4.78, 5) is 29.8. The molecule has 10 nitrogen and oxygen atoms in total. The Kier molecular flexibility index (Phi) is 7.69. The molecular weight excluding hydrogens is 537 g/mol. The summed E-state index contributed by atoms with van der Waals surface area (Å²) in [6, 6.07) is 18.1. The van der Waals surface area contributed by atoms with E-state index in [0.29, 0.717) is 33.6 Å². The monoisotopic (exact) mass is 561 g/mol. The molecule has 0 bridgehead atoms. The standard InChI is InChI=1S/C28H24FN5O5S/c1-38-24-16-19(34(36)37)9-10-20(24)22-11-12-23(39-22)27-26(21-4-2-3-14-30-21)32-28(40)33(27)15-13-25(35)31-18-7-5-17(29)6-8-18/h2-12,14,16,26-27H,13,15H2,1H3,(H,31,35)(H,32,40)/t26-,27-/m0/s1. The van der Waals surface area contributed by atoms with Gasteiger partial charge in [0.05, 0.1) is 35.4 Å². The van der Waals surface area contributed by atoms with E-state index in [-0.39, 0.29) is 36.4 Å². The number of rotatable bonds is 9. The highest BCUT2D eigenvalue weighted by Crippen LogP contribution is 2.42. The van der Waals surface area contributed by atoms with E-state index in [1.165, 1.54) is 43.5 Å². The Bertz CT molecular complexity index is 1550. The van der Waals surface area contributed by atoms with E-state index in [2.05, 4.69) is 15.6 Å². The third-order valence-electron chi connectivity index (χ3n) is 6.49. The van der Waals surface area contributed by atoms with Crippen molar-refractivity contribution >= 4 is 34.6 Å². The van der Waals surface area contributed by atoms with Crippen molar-refractivity contribution in [3.8, 4) is 17.1 Å². The molecule has 0 aliphatic carbocycles. The normalized spacial score (nSPS) is 16.4. The molecule has 40 heavy (non-hydrogen) atoms. The van der Waals surface area contributed by atoms with E-state index in [1.807, 2.05) is 23.1 Å². The molecule has 2 N–H and O–H groups in total. The van der Waals surface area contributed by atoms with Crippen molar-refractivity contribution in [1.29, 1.82) is 0 Å². The average Bonchev–Trinajstić information content (AvgIpc) is 3.57. The molecule has 2 aromatic heterocycles. The first-order valence-electron chi connectivity index (χ1n) is 12.3. The van der Waals surface area contributed by atoms with Gasteiger partial charge in [-0.3, -0.25) is 19.9 Å². The molecule has 0 unspecified atom stereocenters. The molecule has 1 amide bonds. The number of hydrogen-bond acceptors (Lipinski definition) is 7. The van der Waals surface area contributed by atoms with Crippen LogP contribution in [0, 0.1) is 15.9 Å². The van der Waals surface area contributed by atoms with Crippen molar-refractivity contribution in [3.05, 3.63) is 106 Å². The fourth-order valence-corrected chi connectivity index (χ4v) is 4.92. The smallest absolute Gasteiger partial charge is 0.273 e. The Morgan fingerprint density at radius 2 is 2.00 bits per heavy atom. The van der Waals surface area contributed by atoms with Gasteiger partial charge in [-0.05, 0) is 66.8 Å². The number of nitrogens with one attached hydrogen (secondary N) is 2. The molecule has 0 radical (unpaired) electrons. The third kappa shape index (κ3) is 5.61. The van der Waals surface area contributed by atoms with Gasteiger partial charge in [-0.1, -0.05) is 6.07 Å². The number of thiocarbonyl (C=S) groups is 1. The van der Waals surface area contributed by atoms with Crippen molar-refractivity contribution in [2.24, 2.45) is 0 Å². The van der Waals surface area contributed by atoms with Crippen LogP contribution in [0.1, 0.15) is 30.0 Å². The summed E-state index contributed by atoms with van der Waals surface area (Å²) in [5.74, 6) is 0.653. The summed E-state index contributed by atoms with van der Waals surface area (Å²) < 4.78 is 24.9. The van der Waals surface area contributed by atoms with E-state index in [0.717, 1.165) is 5.69 Å². The van der Waals surface area contributed by atoms with Gasteiger partial charge in [0.15, 0.2) is 5.11 Å². The number of hydrogen-bond donors (Lipinski definition) is 2. The van der Waals surface area contributed by atoms with E-state index in [9.17, 15) is 19.3 Å². The number of benzene rings is 2. The van der Waals surface area contributed by atoms with Crippen LogP contribution >= 0.6 is 12.2 Å². The van der Waals surface area contributed by atoms with Gasteiger partial charge < -0.3 is 24.7 Å². The minimum absolute atomic E-state index is 0.0990. The number of furan rings is 1. The quantitative estimate of drug-likeness (QED) is 0.157. The van der Waals surface area contributed by atoms with E-state index in [4.69, 9.17) is 21.4 Å². The van der Waals surface area contributed by atoms with Gasteiger partial charge in [0.2, 0.25) is 5.91 Å². The van der Waals surface area contributed by atoms with Gasteiger partial charge >= 0.3 is 0 Å². The van der Waals surface area contributed by atoms with Gasteiger partial charge in [-0.2, -0.15) is 0 Å². The van der Waals surface area contributed by atoms with Gasteiger partial charge in [0.1, 0.15) is 29.1 Å². The molecule has 0 spiro atoms. The maximum atomic E-state index is 13.2. The number of anilines is 1. The van der Waals surface area contributed by atoms with Crippen molar-refractivity contribution in [2.75, 3.05) is 19.0 Å². The lowest BCUT2D eigenvalue weighted by Gasteiger charge is -2.25. The van der Waals surface area contributed by atoms with Crippen LogP contribution in [0.5, 0.6) is 5.75 Å². The van der Waals surface area contributed by atoms with Crippen LogP contribution in [0.3, 0.4) is 0 Å². The van der Waals surface area contributed by atoms with E-state index in [1.54, 1.807) is 24.4 Å². The number of nitrogens with zero attached hydrogens (tertiary/aromatic N) is 3. The SMILES string of the molecule is COc1cc([N+](=O)[O-])ccc1-c1ccc([C@H]2[C@H](c3ccccn3)NC(=S)N2CCC(=O)Nc2ccc(F)cc2)o1. The lowest BCUT2D eigenvalue weighted by atomic mass is 10.0. The highest BCUT2D eigenvalue weighted by atomic mass is 32.1. The molecule has 0 saturated carbocycles. The fourth-order valence-electron chi connectivity index (χ4n) is 4.59. The number of ether oxygens (including phenoxy) is 1. The zero-order chi connectivity index (χ0) is 28.2. The Hall–Kier alpha value is -4.84. The Labute approximate surface area is 233 Å². The highest BCUT2D eigenvalue weighted by Gasteiger charge is 2.41.